The van der Waals surface area contributed by atoms with Gasteiger partial charge >= 0.3 is 0 Å². The van der Waals surface area contributed by atoms with Crippen LogP contribution in [0.15, 0.2) is 0 Å². The van der Waals surface area contributed by atoms with Crippen LogP contribution in [0.2, 0.25) is 0 Å². The van der Waals surface area contributed by atoms with Gasteiger partial charge < -0.3 is 0 Å². The van der Waals surface area contributed by atoms with E-state index >= 15 is 0 Å². The van der Waals surface area contributed by atoms with Crippen molar-refractivity contribution in [1.82, 2.24) is 4.31 Å². The summed E-state index contributed by atoms with van der Waals surface area (Å²) in [6.45, 7) is 3.88. The van der Waals surface area contributed by atoms with Crippen molar-refractivity contribution in [2.24, 2.45) is 5.92 Å². The van der Waals surface area contributed by atoms with Gasteiger partial charge in [0.25, 0.3) is 0 Å². The Kier molecular flexibility index (Phi) is 3.84. The zero-order valence-electron chi connectivity index (χ0n) is 8.26. The Morgan fingerprint density at radius 3 is 2.58 bits per heavy atom. The van der Waals surface area contributed by atoms with Crippen LogP contribution in [0.3, 0.4) is 0 Å². The summed E-state index contributed by atoms with van der Waals surface area (Å²) in [5.41, 5.74) is 0. The van der Waals surface area contributed by atoms with Crippen molar-refractivity contribution >= 4 is 11.1 Å². The first-order chi connectivity index (χ1) is 5.65. The molecule has 0 amide bonds. The molecule has 1 aliphatic heterocycles. The highest BCUT2D eigenvalue weighted by Crippen LogP contribution is 2.31. The third-order valence-corrected chi connectivity index (χ3v) is 4.24. The average molecular weight is 193 g/mol. The normalized spacial score (nSPS) is 33.5. The quantitative estimate of drug-likeness (QED) is 0.658. The highest BCUT2D eigenvalue weighted by molar-refractivity contribution is 8.13. The third-order valence-electron chi connectivity index (χ3n) is 2.74. The molecule has 0 aromatic rings. The van der Waals surface area contributed by atoms with Crippen LogP contribution in [0, 0.1) is 5.92 Å². The first-order valence-corrected chi connectivity index (χ1v) is 6.90. The summed E-state index contributed by atoms with van der Waals surface area (Å²) >= 11 is -0.0760. The number of hydrogen-bond acceptors (Lipinski definition) is 1. The standard InChI is InChI=1S/C9H20FNS/c1-4-8-5-6-11(12(2)3)7-9(8)10/h8-9,12H,4-7H2,1-3H3. The highest BCUT2D eigenvalue weighted by Gasteiger charge is 2.27. The maximum atomic E-state index is 13.4. The van der Waals surface area contributed by atoms with Gasteiger partial charge in [-0.25, -0.2) is 15.5 Å². The lowest BCUT2D eigenvalue weighted by atomic mass is 9.94. The van der Waals surface area contributed by atoms with Gasteiger partial charge in [-0.3, -0.25) is 4.31 Å². The molecule has 12 heavy (non-hydrogen) atoms. The lowest BCUT2D eigenvalue weighted by Gasteiger charge is -2.38. The molecule has 1 nitrogen and oxygen atoms in total. The fourth-order valence-electron chi connectivity index (χ4n) is 1.76. The summed E-state index contributed by atoms with van der Waals surface area (Å²) in [6.07, 6.45) is 5.88. The molecule has 2 unspecified atom stereocenters. The minimum atomic E-state index is -0.575. The zero-order chi connectivity index (χ0) is 9.14. The van der Waals surface area contributed by atoms with Crippen LogP contribution in [0.25, 0.3) is 0 Å². The molecular weight excluding hydrogens is 173 g/mol. The van der Waals surface area contributed by atoms with Gasteiger partial charge in [0, 0.05) is 13.1 Å². The predicted molar refractivity (Wildman–Crippen MR) is 55.7 cm³/mol. The van der Waals surface area contributed by atoms with E-state index in [1.54, 1.807) is 0 Å². The zero-order valence-corrected chi connectivity index (χ0v) is 9.15. The van der Waals surface area contributed by atoms with E-state index in [1.807, 2.05) is 0 Å². The molecule has 0 bridgehead atoms. The molecule has 0 aromatic carbocycles. The summed E-state index contributed by atoms with van der Waals surface area (Å²) in [6, 6.07) is 0. The van der Waals surface area contributed by atoms with Crippen molar-refractivity contribution < 1.29 is 4.39 Å². The first kappa shape index (κ1) is 10.3. The Morgan fingerprint density at radius 2 is 2.17 bits per heavy atom. The molecule has 1 heterocycles. The number of piperidine rings is 1. The van der Waals surface area contributed by atoms with Crippen molar-refractivity contribution in [2.75, 3.05) is 25.6 Å². The van der Waals surface area contributed by atoms with Crippen molar-refractivity contribution in [1.29, 1.82) is 0 Å². The van der Waals surface area contributed by atoms with Crippen LogP contribution in [0.1, 0.15) is 19.8 Å². The van der Waals surface area contributed by atoms with E-state index in [2.05, 4.69) is 23.7 Å². The van der Waals surface area contributed by atoms with Gasteiger partial charge in [0.2, 0.25) is 0 Å². The maximum Gasteiger partial charge on any atom is 0.116 e. The lowest BCUT2D eigenvalue weighted by molar-refractivity contribution is 0.135. The van der Waals surface area contributed by atoms with E-state index in [-0.39, 0.29) is 11.1 Å². The Hall–Kier alpha value is 0.240. The molecule has 3 heteroatoms. The molecule has 1 saturated heterocycles. The Morgan fingerprint density at radius 1 is 1.50 bits per heavy atom. The SMILES string of the molecule is CCC1CCN([SH](C)C)CC1F. The fraction of sp³-hybridized carbons (Fsp3) is 1.00. The predicted octanol–water partition coefficient (Wildman–Crippen LogP) is 2.23. The number of alkyl halides is 1. The Balaban J connectivity index is 2.40. The molecule has 2 atom stereocenters. The van der Waals surface area contributed by atoms with E-state index in [0.717, 1.165) is 19.4 Å². The topological polar surface area (TPSA) is 3.24 Å². The molecule has 0 saturated carbocycles. The number of nitrogens with zero attached hydrogens (tertiary/aromatic N) is 1. The molecular formula is C9H20FNS. The van der Waals surface area contributed by atoms with Gasteiger partial charge in [0.05, 0.1) is 0 Å². The largest absolute Gasteiger partial charge is 0.268 e. The van der Waals surface area contributed by atoms with E-state index in [4.69, 9.17) is 0 Å². The van der Waals surface area contributed by atoms with E-state index in [9.17, 15) is 4.39 Å². The first-order valence-electron chi connectivity index (χ1n) is 4.71. The monoisotopic (exact) mass is 193 g/mol. The number of hydrogen-bond donors (Lipinski definition) is 1. The van der Waals surface area contributed by atoms with Gasteiger partial charge in [-0.15, -0.1) is 0 Å². The molecule has 0 aromatic heterocycles. The highest BCUT2D eigenvalue weighted by atomic mass is 32.2. The fourth-order valence-corrected chi connectivity index (χ4v) is 2.76. The molecule has 0 aliphatic carbocycles. The van der Waals surface area contributed by atoms with Crippen molar-refractivity contribution in [3.05, 3.63) is 0 Å². The van der Waals surface area contributed by atoms with E-state index in [0.29, 0.717) is 12.5 Å². The molecule has 0 N–H and O–H groups in total. The second-order valence-corrected chi connectivity index (χ2v) is 5.99. The van der Waals surface area contributed by atoms with E-state index in [1.165, 1.54) is 0 Å². The molecule has 1 aliphatic rings. The van der Waals surface area contributed by atoms with Crippen LogP contribution >= 0.6 is 11.1 Å². The minimum absolute atomic E-state index is 0.0760. The molecule has 0 spiro atoms. The summed E-state index contributed by atoms with van der Waals surface area (Å²) in [4.78, 5) is 0. The maximum absolute atomic E-state index is 13.4. The second-order valence-electron chi connectivity index (χ2n) is 3.73. The second kappa shape index (κ2) is 4.47. The van der Waals surface area contributed by atoms with Gasteiger partial charge in [-0.1, -0.05) is 13.3 Å². The molecule has 74 valence electrons. The van der Waals surface area contributed by atoms with Gasteiger partial charge in [-0.2, -0.15) is 0 Å². The number of rotatable bonds is 2. The smallest absolute Gasteiger partial charge is 0.116 e. The lowest BCUT2D eigenvalue weighted by Crippen LogP contribution is -2.39. The van der Waals surface area contributed by atoms with E-state index < -0.39 is 6.17 Å². The van der Waals surface area contributed by atoms with Crippen LogP contribution in [-0.2, 0) is 0 Å². The number of thiol groups is 1. The summed E-state index contributed by atoms with van der Waals surface area (Å²) in [7, 11) is 0. The van der Waals surface area contributed by atoms with Crippen LogP contribution in [-0.4, -0.2) is 36.1 Å². The minimum Gasteiger partial charge on any atom is -0.268 e. The number of halogens is 1. The summed E-state index contributed by atoms with van der Waals surface area (Å²) in [5, 5.41) is 0. The molecule has 1 rings (SSSR count). The summed E-state index contributed by atoms with van der Waals surface area (Å²) < 4.78 is 15.7. The van der Waals surface area contributed by atoms with Gasteiger partial charge in [-0.05, 0) is 24.9 Å². The summed E-state index contributed by atoms with van der Waals surface area (Å²) in [5.74, 6) is 0.330. The van der Waals surface area contributed by atoms with Crippen LogP contribution < -0.4 is 0 Å². The van der Waals surface area contributed by atoms with Crippen LogP contribution in [0.5, 0.6) is 0 Å². The molecule has 1 fully saturated rings. The van der Waals surface area contributed by atoms with Crippen molar-refractivity contribution in [2.45, 2.75) is 25.9 Å². The van der Waals surface area contributed by atoms with Crippen molar-refractivity contribution in [3.63, 3.8) is 0 Å². The van der Waals surface area contributed by atoms with Crippen molar-refractivity contribution in [3.8, 4) is 0 Å². The van der Waals surface area contributed by atoms with Crippen LogP contribution in [0.4, 0.5) is 4.39 Å². The average Bonchev–Trinajstić information content (AvgIpc) is 2.04. The Labute approximate surface area is 77.8 Å². The van der Waals surface area contributed by atoms with Gasteiger partial charge in [0.15, 0.2) is 0 Å². The van der Waals surface area contributed by atoms with Gasteiger partial charge in [0.1, 0.15) is 6.17 Å². The Bertz CT molecular complexity index is 140. The molecule has 0 radical (unpaired) electrons. The third kappa shape index (κ3) is 2.36.